The van der Waals surface area contributed by atoms with Crippen molar-refractivity contribution in [2.75, 3.05) is 10.2 Å². The molecule has 2 amide bonds. The van der Waals surface area contributed by atoms with Crippen LogP contribution in [0.1, 0.15) is 36.2 Å². The summed E-state index contributed by atoms with van der Waals surface area (Å²) in [6, 6.07) is 15.3. The Morgan fingerprint density at radius 1 is 1.17 bits per heavy atom. The summed E-state index contributed by atoms with van der Waals surface area (Å²) in [4.78, 5) is 26.3. The smallest absolute Gasteiger partial charge is 0.258 e. The molecular formula is C19H20N2O2. The summed E-state index contributed by atoms with van der Waals surface area (Å²) in [5, 5.41) is 2.80. The minimum Gasteiger partial charge on any atom is -0.326 e. The number of fused-ring (bicyclic) bond motifs is 1. The quantitative estimate of drug-likeness (QED) is 0.941. The van der Waals surface area contributed by atoms with E-state index in [0.29, 0.717) is 17.7 Å². The van der Waals surface area contributed by atoms with Gasteiger partial charge in [-0.15, -0.1) is 0 Å². The Kier molecular flexibility index (Phi) is 4.15. The van der Waals surface area contributed by atoms with Gasteiger partial charge in [-0.25, -0.2) is 0 Å². The van der Waals surface area contributed by atoms with Gasteiger partial charge in [-0.3, -0.25) is 9.59 Å². The highest BCUT2D eigenvalue weighted by Gasteiger charge is 2.31. The van der Waals surface area contributed by atoms with Gasteiger partial charge in [0, 0.05) is 29.4 Å². The van der Waals surface area contributed by atoms with Crippen molar-refractivity contribution in [3.05, 3.63) is 59.7 Å². The summed E-state index contributed by atoms with van der Waals surface area (Å²) in [6.45, 7) is 3.85. The lowest BCUT2D eigenvalue weighted by molar-refractivity contribution is -0.115. The molecule has 1 aliphatic rings. The van der Waals surface area contributed by atoms with Gasteiger partial charge in [0.05, 0.1) is 0 Å². The third-order valence-corrected chi connectivity index (χ3v) is 4.14. The number of carbonyl (C=O) groups is 2. The summed E-state index contributed by atoms with van der Waals surface area (Å²) >= 11 is 0. The highest BCUT2D eigenvalue weighted by atomic mass is 16.2. The van der Waals surface area contributed by atoms with Crippen LogP contribution in [0.25, 0.3) is 0 Å². The molecule has 0 saturated carbocycles. The SMILES string of the molecule is CCC(=O)Nc1cccc(C(=O)N2c3ccccc3CC2C)c1. The van der Waals surface area contributed by atoms with E-state index in [1.807, 2.05) is 23.1 Å². The standard InChI is InChI=1S/C19H20N2O2/c1-3-18(22)20-16-9-6-8-15(12-16)19(23)21-13(2)11-14-7-4-5-10-17(14)21/h4-10,12-13H,3,11H2,1-2H3,(H,20,22). The van der Waals surface area contributed by atoms with Crippen LogP contribution in [0.4, 0.5) is 11.4 Å². The van der Waals surface area contributed by atoms with Crippen molar-refractivity contribution < 1.29 is 9.59 Å². The van der Waals surface area contributed by atoms with Crippen LogP contribution < -0.4 is 10.2 Å². The van der Waals surface area contributed by atoms with Gasteiger partial charge in [-0.1, -0.05) is 31.2 Å². The first kappa shape index (κ1) is 15.3. The minimum absolute atomic E-state index is 0.0324. The minimum atomic E-state index is -0.0607. The van der Waals surface area contributed by atoms with Crippen LogP contribution in [0.5, 0.6) is 0 Å². The number of nitrogens with zero attached hydrogens (tertiary/aromatic N) is 1. The van der Waals surface area contributed by atoms with Crippen molar-refractivity contribution in [2.24, 2.45) is 0 Å². The number of hydrogen-bond acceptors (Lipinski definition) is 2. The van der Waals surface area contributed by atoms with Gasteiger partial charge in [0.1, 0.15) is 0 Å². The molecule has 1 unspecified atom stereocenters. The van der Waals surface area contributed by atoms with Crippen LogP contribution in [0.3, 0.4) is 0 Å². The molecule has 0 bridgehead atoms. The second-order valence-electron chi connectivity index (χ2n) is 5.84. The van der Waals surface area contributed by atoms with Crippen molar-refractivity contribution in [3.63, 3.8) is 0 Å². The topological polar surface area (TPSA) is 49.4 Å². The largest absolute Gasteiger partial charge is 0.326 e. The molecule has 1 heterocycles. The lowest BCUT2D eigenvalue weighted by Gasteiger charge is -2.23. The number of benzene rings is 2. The van der Waals surface area contributed by atoms with Crippen molar-refractivity contribution in [1.29, 1.82) is 0 Å². The number of rotatable bonds is 3. The molecule has 0 aliphatic carbocycles. The van der Waals surface area contributed by atoms with Crippen LogP contribution in [-0.2, 0) is 11.2 Å². The van der Waals surface area contributed by atoms with Gasteiger partial charge in [-0.2, -0.15) is 0 Å². The molecule has 0 aromatic heterocycles. The van der Waals surface area contributed by atoms with Gasteiger partial charge in [-0.05, 0) is 43.2 Å². The number of carbonyl (C=O) groups excluding carboxylic acids is 2. The van der Waals surface area contributed by atoms with E-state index in [2.05, 4.69) is 18.3 Å². The fraction of sp³-hybridized carbons (Fsp3) is 0.263. The third kappa shape index (κ3) is 2.97. The molecule has 0 fully saturated rings. The van der Waals surface area contributed by atoms with E-state index in [1.165, 1.54) is 5.56 Å². The Morgan fingerprint density at radius 3 is 2.74 bits per heavy atom. The first-order chi connectivity index (χ1) is 11.1. The van der Waals surface area contributed by atoms with Crippen LogP contribution in [0.15, 0.2) is 48.5 Å². The molecule has 0 saturated heterocycles. The van der Waals surface area contributed by atoms with Gasteiger partial charge < -0.3 is 10.2 Å². The maximum Gasteiger partial charge on any atom is 0.258 e. The Hall–Kier alpha value is -2.62. The maximum atomic E-state index is 12.9. The molecule has 3 rings (SSSR count). The highest BCUT2D eigenvalue weighted by molar-refractivity contribution is 6.08. The molecular weight excluding hydrogens is 288 g/mol. The van der Waals surface area contributed by atoms with Crippen LogP contribution >= 0.6 is 0 Å². The third-order valence-electron chi connectivity index (χ3n) is 4.14. The Bertz CT molecular complexity index is 755. The molecule has 4 heteroatoms. The predicted molar refractivity (Wildman–Crippen MR) is 91.8 cm³/mol. The molecule has 23 heavy (non-hydrogen) atoms. The normalized spacial score (nSPS) is 16.1. The average Bonchev–Trinajstić information content (AvgIpc) is 2.90. The zero-order valence-electron chi connectivity index (χ0n) is 13.4. The summed E-state index contributed by atoms with van der Waals surface area (Å²) in [7, 11) is 0. The average molecular weight is 308 g/mol. The number of hydrogen-bond donors (Lipinski definition) is 1. The van der Waals surface area contributed by atoms with E-state index in [0.717, 1.165) is 12.1 Å². The summed E-state index contributed by atoms with van der Waals surface area (Å²) in [6.07, 6.45) is 1.28. The Morgan fingerprint density at radius 2 is 1.96 bits per heavy atom. The number of para-hydroxylation sites is 1. The van der Waals surface area contributed by atoms with E-state index in [1.54, 1.807) is 31.2 Å². The van der Waals surface area contributed by atoms with E-state index < -0.39 is 0 Å². The Labute approximate surface area is 136 Å². The van der Waals surface area contributed by atoms with Crippen LogP contribution in [-0.4, -0.2) is 17.9 Å². The fourth-order valence-electron chi connectivity index (χ4n) is 2.99. The second kappa shape index (κ2) is 6.24. The monoisotopic (exact) mass is 308 g/mol. The van der Waals surface area contributed by atoms with Crippen molar-refractivity contribution in [3.8, 4) is 0 Å². The lowest BCUT2D eigenvalue weighted by Crippen LogP contribution is -2.35. The van der Waals surface area contributed by atoms with Gasteiger partial charge in [0.15, 0.2) is 0 Å². The summed E-state index contributed by atoms with van der Waals surface area (Å²) in [5.41, 5.74) is 3.42. The molecule has 2 aromatic rings. The molecule has 1 N–H and O–H groups in total. The molecule has 1 atom stereocenters. The molecule has 2 aromatic carbocycles. The zero-order chi connectivity index (χ0) is 16.4. The number of anilines is 2. The van der Waals surface area contributed by atoms with Crippen LogP contribution in [0, 0.1) is 0 Å². The summed E-state index contributed by atoms with van der Waals surface area (Å²) < 4.78 is 0. The van der Waals surface area contributed by atoms with E-state index in [-0.39, 0.29) is 17.9 Å². The van der Waals surface area contributed by atoms with Gasteiger partial charge in [0.2, 0.25) is 5.91 Å². The maximum absolute atomic E-state index is 12.9. The van der Waals surface area contributed by atoms with E-state index in [4.69, 9.17) is 0 Å². The van der Waals surface area contributed by atoms with E-state index in [9.17, 15) is 9.59 Å². The Balaban J connectivity index is 1.89. The van der Waals surface area contributed by atoms with Gasteiger partial charge in [0.25, 0.3) is 5.91 Å². The zero-order valence-corrected chi connectivity index (χ0v) is 13.4. The van der Waals surface area contributed by atoms with Gasteiger partial charge >= 0.3 is 0 Å². The first-order valence-corrected chi connectivity index (χ1v) is 7.91. The molecule has 118 valence electrons. The molecule has 1 aliphatic heterocycles. The van der Waals surface area contributed by atoms with E-state index >= 15 is 0 Å². The lowest BCUT2D eigenvalue weighted by atomic mass is 10.1. The predicted octanol–water partition coefficient (Wildman–Crippen LogP) is 3.63. The summed E-state index contributed by atoms with van der Waals surface area (Å²) in [5.74, 6) is -0.0930. The molecule has 0 radical (unpaired) electrons. The second-order valence-corrected chi connectivity index (χ2v) is 5.84. The number of nitrogens with one attached hydrogen (secondary N) is 1. The van der Waals surface area contributed by atoms with Crippen molar-refractivity contribution in [2.45, 2.75) is 32.7 Å². The first-order valence-electron chi connectivity index (χ1n) is 7.91. The highest BCUT2D eigenvalue weighted by Crippen LogP contribution is 2.33. The molecule has 4 nitrogen and oxygen atoms in total. The molecule has 0 spiro atoms. The van der Waals surface area contributed by atoms with Crippen molar-refractivity contribution in [1.82, 2.24) is 0 Å². The number of amides is 2. The van der Waals surface area contributed by atoms with Crippen LogP contribution in [0.2, 0.25) is 0 Å². The van der Waals surface area contributed by atoms with Crippen molar-refractivity contribution >= 4 is 23.2 Å². The fourth-order valence-corrected chi connectivity index (χ4v) is 2.99.